The molecule has 0 unspecified atom stereocenters. The van der Waals surface area contributed by atoms with E-state index in [1.807, 2.05) is 29.6 Å². The highest BCUT2D eigenvalue weighted by molar-refractivity contribution is 7.07. The van der Waals surface area contributed by atoms with Gasteiger partial charge in [0.25, 0.3) is 0 Å². The molecule has 0 saturated carbocycles. The fourth-order valence-corrected chi connectivity index (χ4v) is 3.02. The normalized spacial score (nSPS) is 10.9. The number of thiazole rings is 1. The van der Waals surface area contributed by atoms with Crippen molar-refractivity contribution in [2.75, 3.05) is 6.61 Å². The number of nitrogens with zero attached hydrogens (tertiary/aromatic N) is 3. The van der Waals surface area contributed by atoms with Crippen LogP contribution in [0.3, 0.4) is 0 Å². The first-order valence-electron chi connectivity index (χ1n) is 7.92. The fourth-order valence-electron chi connectivity index (χ4n) is 2.48. The van der Waals surface area contributed by atoms with Crippen molar-refractivity contribution in [3.63, 3.8) is 0 Å². The largest absolute Gasteiger partial charge is 0.481 e. The number of carbonyl (C=O) groups is 2. The third kappa shape index (κ3) is 4.03. The Hall–Kier alpha value is -2.74. The van der Waals surface area contributed by atoms with Crippen LogP contribution in [0.25, 0.3) is 22.6 Å². The van der Waals surface area contributed by atoms with Crippen molar-refractivity contribution in [1.29, 1.82) is 0 Å². The maximum absolute atomic E-state index is 12.6. The van der Waals surface area contributed by atoms with E-state index in [1.165, 1.54) is 15.9 Å². The molecule has 0 aliphatic heterocycles. The lowest BCUT2D eigenvalue weighted by molar-refractivity contribution is -0.137. The van der Waals surface area contributed by atoms with Gasteiger partial charge in [0, 0.05) is 11.8 Å². The molecule has 0 aliphatic carbocycles. The standard InChI is InChI=1S/C17H17N3O4S/c21-15(22)8-2-1-5-9-24-17(23)20-14-7-4-3-6-12(14)19-16(20)13-10-25-11-18-13/h3-4,6-7,10-11H,1-2,5,8-9H2,(H,21,22). The zero-order chi connectivity index (χ0) is 17.6. The van der Waals surface area contributed by atoms with Gasteiger partial charge in [-0.1, -0.05) is 12.1 Å². The molecule has 0 aliphatic rings. The molecular formula is C17H17N3O4S. The lowest BCUT2D eigenvalue weighted by Crippen LogP contribution is -2.15. The number of imidazole rings is 1. The van der Waals surface area contributed by atoms with E-state index >= 15 is 0 Å². The van der Waals surface area contributed by atoms with E-state index < -0.39 is 12.1 Å². The Labute approximate surface area is 147 Å². The zero-order valence-electron chi connectivity index (χ0n) is 13.4. The van der Waals surface area contributed by atoms with Gasteiger partial charge in [0.05, 0.1) is 23.2 Å². The fraction of sp³-hybridized carbons (Fsp3) is 0.294. The summed E-state index contributed by atoms with van der Waals surface area (Å²) in [7, 11) is 0. The molecule has 2 aromatic heterocycles. The van der Waals surface area contributed by atoms with Crippen molar-refractivity contribution in [2.24, 2.45) is 0 Å². The second-order valence-electron chi connectivity index (χ2n) is 5.45. The molecule has 0 spiro atoms. The second-order valence-corrected chi connectivity index (χ2v) is 6.17. The van der Waals surface area contributed by atoms with Crippen LogP contribution in [-0.2, 0) is 9.53 Å². The molecule has 0 atom stereocenters. The highest BCUT2D eigenvalue weighted by atomic mass is 32.1. The Bertz CT molecular complexity index is 873. The Morgan fingerprint density at radius 3 is 2.80 bits per heavy atom. The molecule has 130 valence electrons. The predicted molar refractivity (Wildman–Crippen MR) is 93.7 cm³/mol. The minimum Gasteiger partial charge on any atom is -0.481 e. The number of hydrogen-bond donors (Lipinski definition) is 1. The average Bonchev–Trinajstić information content (AvgIpc) is 3.24. The van der Waals surface area contributed by atoms with Gasteiger partial charge in [0.1, 0.15) is 5.69 Å². The number of aromatic nitrogens is 3. The first-order valence-corrected chi connectivity index (χ1v) is 8.86. The van der Waals surface area contributed by atoms with Gasteiger partial charge in [-0.05, 0) is 31.4 Å². The zero-order valence-corrected chi connectivity index (χ0v) is 14.2. The number of carbonyl (C=O) groups excluding carboxylic acids is 1. The van der Waals surface area contributed by atoms with E-state index in [0.717, 1.165) is 0 Å². The van der Waals surface area contributed by atoms with Gasteiger partial charge in [-0.3, -0.25) is 4.79 Å². The molecule has 3 aromatic rings. The number of rotatable bonds is 7. The molecule has 0 bridgehead atoms. The molecule has 3 rings (SSSR count). The van der Waals surface area contributed by atoms with Crippen LogP contribution in [0.15, 0.2) is 35.2 Å². The van der Waals surface area contributed by atoms with Crippen LogP contribution in [0.1, 0.15) is 25.7 Å². The minimum absolute atomic E-state index is 0.133. The summed E-state index contributed by atoms with van der Waals surface area (Å²) in [5.41, 5.74) is 3.68. The Balaban J connectivity index is 1.72. The summed E-state index contributed by atoms with van der Waals surface area (Å²) < 4.78 is 6.78. The Kier molecular flexibility index (Phi) is 5.39. The second kappa shape index (κ2) is 7.89. The number of unbranched alkanes of at least 4 members (excludes halogenated alkanes) is 2. The van der Waals surface area contributed by atoms with Gasteiger partial charge in [-0.25, -0.2) is 19.3 Å². The van der Waals surface area contributed by atoms with Crippen molar-refractivity contribution >= 4 is 34.4 Å². The number of fused-ring (bicyclic) bond motifs is 1. The van der Waals surface area contributed by atoms with E-state index in [2.05, 4.69) is 9.97 Å². The van der Waals surface area contributed by atoms with Crippen LogP contribution in [0.4, 0.5) is 4.79 Å². The van der Waals surface area contributed by atoms with Crippen LogP contribution in [0, 0.1) is 0 Å². The molecular weight excluding hydrogens is 342 g/mol. The molecule has 0 amide bonds. The van der Waals surface area contributed by atoms with Gasteiger partial charge in [0.15, 0.2) is 5.82 Å². The summed E-state index contributed by atoms with van der Waals surface area (Å²) in [6.45, 7) is 0.238. The topological polar surface area (TPSA) is 94.3 Å². The summed E-state index contributed by atoms with van der Waals surface area (Å²) >= 11 is 1.43. The van der Waals surface area contributed by atoms with Crippen molar-refractivity contribution in [2.45, 2.75) is 25.7 Å². The Morgan fingerprint density at radius 1 is 1.20 bits per heavy atom. The predicted octanol–water partition coefficient (Wildman–Crippen LogP) is 3.79. The summed E-state index contributed by atoms with van der Waals surface area (Å²) in [4.78, 5) is 31.8. The minimum atomic E-state index is -0.810. The Morgan fingerprint density at radius 2 is 2.04 bits per heavy atom. The highest BCUT2D eigenvalue weighted by Crippen LogP contribution is 2.24. The number of carboxylic acid groups (broad SMARTS) is 1. The van der Waals surface area contributed by atoms with E-state index in [-0.39, 0.29) is 13.0 Å². The van der Waals surface area contributed by atoms with E-state index in [1.54, 1.807) is 5.51 Å². The van der Waals surface area contributed by atoms with E-state index in [0.29, 0.717) is 41.8 Å². The number of para-hydroxylation sites is 2. The van der Waals surface area contributed by atoms with Gasteiger partial charge < -0.3 is 9.84 Å². The van der Waals surface area contributed by atoms with Crippen LogP contribution >= 0.6 is 11.3 Å². The average molecular weight is 359 g/mol. The quantitative estimate of drug-likeness (QED) is 0.645. The first kappa shape index (κ1) is 17.1. The molecule has 2 heterocycles. The molecule has 7 nitrogen and oxygen atoms in total. The van der Waals surface area contributed by atoms with Crippen LogP contribution in [0.5, 0.6) is 0 Å². The number of benzene rings is 1. The van der Waals surface area contributed by atoms with Crippen LogP contribution < -0.4 is 0 Å². The number of hydrogen-bond acceptors (Lipinski definition) is 6. The van der Waals surface area contributed by atoms with Gasteiger partial charge in [-0.2, -0.15) is 0 Å². The first-order chi connectivity index (χ1) is 12.2. The molecule has 1 aromatic carbocycles. The summed E-state index contributed by atoms with van der Waals surface area (Å²) in [5.74, 6) is -0.354. The maximum atomic E-state index is 12.6. The molecule has 0 saturated heterocycles. The van der Waals surface area contributed by atoms with Crippen LogP contribution in [0.2, 0.25) is 0 Å². The lowest BCUT2D eigenvalue weighted by atomic mass is 10.2. The molecule has 8 heteroatoms. The van der Waals surface area contributed by atoms with Gasteiger partial charge in [-0.15, -0.1) is 11.3 Å². The van der Waals surface area contributed by atoms with E-state index in [4.69, 9.17) is 9.84 Å². The van der Waals surface area contributed by atoms with Gasteiger partial charge >= 0.3 is 12.1 Å². The van der Waals surface area contributed by atoms with E-state index in [9.17, 15) is 9.59 Å². The summed E-state index contributed by atoms with van der Waals surface area (Å²) in [5, 5.41) is 10.4. The third-order valence-electron chi connectivity index (χ3n) is 3.67. The van der Waals surface area contributed by atoms with Crippen molar-refractivity contribution in [1.82, 2.24) is 14.5 Å². The highest BCUT2D eigenvalue weighted by Gasteiger charge is 2.20. The van der Waals surface area contributed by atoms with Crippen molar-refractivity contribution in [3.05, 3.63) is 35.2 Å². The monoisotopic (exact) mass is 359 g/mol. The van der Waals surface area contributed by atoms with Crippen molar-refractivity contribution < 1.29 is 19.4 Å². The number of ether oxygens (including phenoxy) is 1. The maximum Gasteiger partial charge on any atom is 0.420 e. The number of carboxylic acids is 1. The van der Waals surface area contributed by atoms with Crippen molar-refractivity contribution in [3.8, 4) is 11.5 Å². The number of aliphatic carboxylic acids is 1. The summed E-state index contributed by atoms with van der Waals surface area (Å²) in [6, 6.07) is 7.34. The molecule has 1 N–H and O–H groups in total. The molecule has 25 heavy (non-hydrogen) atoms. The summed E-state index contributed by atoms with van der Waals surface area (Å²) in [6.07, 6.45) is 1.52. The smallest absolute Gasteiger partial charge is 0.420 e. The molecule has 0 fully saturated rings. The SMILES string of the molecule is O=C(O)CCCCCOC(=O)n1c(-c2cscn2)nc2ccccc21. The molecule has 0 radical (unpaired) electrons. The lowest BCUT2D eigenvalue weighted by Gasteiger charge is -2.08. The third-order valence-corrected chi connectivity index (χ3v) is 4.25. The van der Waals surface area contributed by atoms with Gasteiger partial charge in [0.2, 0.25) is 0 Å². The van der Waals surface area contributed by atoms with Crippen LogP contribution in [-0.4, -0.2) is 38.3 Å².